The quantitative estimate of drug-likeness (QED) is 0.415. The molecule has 0 saturated carbocycles. The molecule has 1 aromatic rings. The third-order valence-corrected chi connectivity index (χ3v) is 5.67. The predicted octanol–water partition coefficient (Wildman–Crippen LogP) is 1.81. The van der Waals surface area contributed by atoms with Crippen LogP contribution in [0.2, 0.25) is 0 Å². The van der Waals surface area contributed by atoms with Gasteiger partial charge in [-0.1, -0.05) is 17.7 Å². The summed E-state index contributed by atoms with van der Waals surface area (Å²) in [5.74, 6) is 0.322. The predicted molar refractivity (Wildman–Crippen MR) is 107 cm³/mol. The van der Waals surface area contributed by atoms with Gasteiger partial charge in [-0.3, -0.25) is 0 Å². The molecule has 1 aliphatic rings. The number of aliphatic imine (C=N–C) groups is 1. The average Bonchev–Trinajstić information content (AvgIpc) is 2.47. The van der Waals surface area contributed by atoms with E-state index in [2.05, 4.69) is 4.99 Å². The number of guanidine groups is 1. The highest BCUT2D eigenvalue weighted by molar-refractivity contribution is 14.0. The van der Waals surface area contributed by atoms with Crippen molar-refractivity contribution in [3.63, 3.8) is 0 Å². The topological polar surface area (TPSA) is 85.0 Å². The number of nitrogens with zero attached hydrogens (tertiary/aromatic N) is 2. The van der Waals surface area contributed by atoms with Crippen LogP contribution in [-0.2, 0) is 14.6 Å². The largest absolute Gasteiger partial charge is 0.375 e. The summed E-state index contributed by atoms with van der Waals surface area (Å²) in [7, 11) is -3.37. The summed E-state index contributed by atoms with van der Waals surface area (Å²) in [6.45, 7) is 7.62. The third kappa shape index (κ3) is 5.89. The van der Waals surface area contributed by atoms with Gasteiger partial charge in [0.05, 0.1) is 29.4 Å². The smallest absolute Gasteiger partial charge is 0.191 e. The Balaban J connectivity index is 0.00000288. The molecule has 136 valence electrons. The fourth-order valence-corrected chi connectivity index (χ4v) is 3.98. The summed E-state index contributed by atoms with van der Waals surface area (Å²) < 4.78 is 30.3. The Labute approximate surface area is 161 Å². The van der Waals surface area contributed by atoms with Gasteiger partial charge in [-0.25, -0.2) is 13.4 Å². The van der Waals surface area contributed by atoms with Gasteiger partial charge in [0.25, 0.3) is 0 Å². The Hall–Kier alpha value is -0.870. The summed E-state index contributed by atoms with van der Waals surface area (Å²) in [4.78, 5) is 6.61. The molecule has 24 heavy (non-hydrogen) atoms. The highest BCUT2D eigenvalue weighted by Crippen LogP contribution is 2.14. The fraction of sp³-hybridized carbons (Fsp3) is 0.562. The number of ether oxygens (including phenoxy) is 1. The van der Waals surface area contributed by atoms with Crippen LogP contribution in [0, 0.1) is 6.92 Å². The van der Waals surface area contributed by atoms with Gasteiger partial charge >= 0.3 is 0 Å². The van der Waals surface area contributed by atoms with Gasteiger partial charge < -0.3 is 15.4 Å². The second-order valence-electron chi connectivity index (χ2n) is 6.06. The van der Waals surface area contributed by atoms with Crippen molar-refractivity contribution >= 4 is 39.8 Å². The molecule has 0 radical (unpaired) electrons. The van der Waals surface area contributed by atoms with Crippen LogP contribution < -0.4 is 5.73 Å². The number of benzene rings is 1. The molecule has 0 bridgehead atoms. The van der Waals surface area contributed by atoms with E-state index in [4.69, 9.17) is 10.5 Å². The van der Waals surface area contributed by atoms with Crippen LogP contribution in [0.3, 0.4) is 0 Å². The van der Waals surface area contributed by atoms with Gasteiger partial charge in [-0.2, -0.15) is 0 Å². The lowest BCUT2D eigenvalue weighted by atomic mass is 10.2. The van der Waals surface area contributed by atoms with Crippen LogP contribution in [0.15, 0.2) is 34.2 Å². The molecular formula is C16H26IN3O3S. The van der Waals surface area contributed by atoms with Crippen LogP contribution in [-0.4, -0.2) is 56.9 Å². The van der Waals surface area contributed by atoms with Crippen molar-refractivity contribution in [1.29, 1.82) is 0 Å². The Morgan fingerprint density at radius 1 is 1.42 bits per heavy atom. The van der Waals surface area contributed by atoms with E-state index >= 15 is 0 Å². The van der Waals surface area contributed by atoms with Crippen molar-refractivity contribution in [1.82, 2.24) is 4.90 Å². The lowest BCUT2D eigenvalue weighted by Crippen LogP contribution is -2.48. The Morgan fingerprint density at radius 2 is 2.04 bits per heavy atom. The van der Waals surface area contributed by atoms with E-state index in [1.807, 2.05) is 18.7 Å². The maximum atomic E-state index is 12.4. The first kappa shape index (κ1) is 21.2. The second-order valence-corrected chi connectivity index (χ2v) is 8.09. The molecule has 0 amide bonds. The first-order valence-corrected chi connectivity index (χ1v) is 9.42. The first-order valence-electron chi connectivity index (χ1n) is 7.77. The molecule has 1 saturated heterocycles. The second kappa shape index (κ2) is 9.00. The van der Waals surface area contributed by atoms with Gasteiger partial charge in [-0.15, -0.1) is 24.0 Å². The standard InChI is InChI=1S/C16H25N3O3S.HI/c1-12-4-6-15(7-5-12)23(20,21)11-13(2)18-16(17)19-8-9-22-14(3)10-19;/h4-7,13-14H,8-11H2,1-3H3,(H2,17,18);1H. The van der Waals surface area contributed by atoms with E-state index in [1.54, 1.807) is 31.2 Å². The van der Waals surface area contributed by atoms with E-state index in [9.17, 15) is 8.42 Å². The first-order chi connectivity index (χ1) is 10.8. The molecule has 2 atom stereocenters. The monoisotopic (exact) mass is 467 g/mol. The van der Waals surface area contributed by atoms with Crippen molar-refractivity contribution in [3.05, 3.63) is 29.8 Å². The van der Waals surface area contributed by atoms with Crippen molar-refractivity contribution in [2.45, 2.75) is 37.8 Å². The zero-order valence-electron chi connectivity index (χ0n) is 14.3. The minimum absolute atomic E-state index is 0. The van der Waals surface area contributed by atoms with Crippen molar-refractivity contribution < 1.29 is 13.2 Å². The molecule has 0 aromatic heterocycles. The van der Waals surface area contributed by atoms with E-state index < -0.39 is 15.9 Å². The van der Waals surface area contributed by atoms with Gasteiger partial charge in [0, 0.05) is 13.1 Å². The number of hydrogen-bond donors (Lipinski definition) is 1. The summed E-state index contributed by atoms with van der Waals surface area (Å²) in [6, 6.07) is 6.45. The van der Waals surface area contributed by atoms with E-state index in [-0.39, 0.29) is 35.8 Å². The molecule has 2 N–H and O–H groups in total. The fourth-order valence-electron chi connectivity index (χ4n) is 2.53. The van der Waals surface area contributed by atoms with Crippen molar-refractivity contribution in [2.75, 3.05) is 25.4 Å². The normalized spacial score (nSPS) is 20.4. The lowest BCUT2D eigenvalue weighted by molar-refractivity contribution is 0.00524. The molecule has 0 spiro atoms. The molecule has 0 aliphatic carbocycles. The van der Waals surface area contributed by atoms with Gasteiger partial charge in [0.15, 0.2) is 15.8 Å². The highest BCUT2D eigenvalue weighted by atomic mass is 127. The number of aryl methyl sites for hydroxylation is 1. The van der Waals surface area contributed by atoms with Crippen LogP contribution >= 0.6 is 24.0 Å². The maximum Gasteiger partial charge on any atom is 0.191 e. The average molecular weight is 467 g/mol. The summed E-state index contributed by atoms with van der Waals surface area (Å²) in [6.07, 6.45) is 0.101. The van der Waals surface area contributed by atoms with Crippen LogP contribution in [0.5, 0.6) is 0 Å². The Bertz CT molecular complexity index is 662. The van der Waals surface area contributed by atoms with Gasteiger partial charge in [0.1, 0.15) is 0 Å². The van der Waals surface area contributed by atoms with Gasteiger partial charge in [0.2, 0.25) is 0 Å². The molecule has 1 heterocycles. The molecule has 8 heteroatoms. The maximum absolute atomic E-state index is 12.4. The summed E-state index contributed by atoms with van der Waals surface area (Å²) in [5.41, 5.74) is 7.04. The van der Waals surface area contributed by atoms with E-state index in [0.29, 0.717) is 30.6 Å². The number of rotatable bonds is 4. The lowest BCUT2D eigenvalue weighted by Gasteiger charge is -2.32. The summed E-state index contributed by atoms with van der Waals surface area (Å²) >= 11 is 0. The Morgan fingerprint density at radius 3 is 2.62 bits per heavy atom. The molecule has 2 rings (SSSR count). The molecule has 1 aromatic carbocycles. The molecule has 1 aliphatic heterocycles. The third-order valence-electron chi connectivity index (χ3n) is 3.76. The van der Waals surface area contributed by atoms with Gasteiger partial charge in [-0.05, 0) is 32.9 Å². The zero-order chi connectivity index (χ0) is 17.0. The van der Waals surface area contributed by atoms with Crippen molar-refractivity contribution in [3.8, 4) is 0 Å². The van der Waals surface area contributed by atoms with E-state index in [1.165, 1.54) is 0 Å². The van der Waals surface area contributed by atoms with Crippen molar-refractivity contribution in [2.24, 2.45) is 10.7 Å². The number of halogens is 1. The van der Waals surface area contributed by atoms with Crippen LogP contribution in [0.1, 0.15) is 19.4 Å². The molecule has 1 fully saturated rings. The highest BCUT2D eigenvalue weighted by Gasteiger charge is 2.21. The minimum atomic E-state index is -3.37. The molecule has 6 nitrogen and oxygen atoms in total. The van der Waals surface area contributed by atoms with E-state index in [0.717, 1.165) is 5.56 Å². The number of sulfone groups is 1. The molecule has 2 unspecified atom stereocenters. The Kier molecular flexibility index (Phi) is 7.94. The van der Waals surface area contributed by atoms with Crippen LogP contribution in [0.4, 0.5) is 0 Å². The minimum Gasteiger partial charge on any atom is -0.375 e. The zero-order valence-corrected chi connectivity index (χ0v) is 17.5. The number of nitrogens with two attached hydrogens (primary N) is 1. The molecular weight excluding hydrogens is 441 g/mol. The summed E-state index contributed by atoms with van der Waals surface area (Å²) in [5, 5.41) is 0. The van der Waals surface area contributed by atoms with Crippen LogP contribution in [0.25, 0.3) is 0 Å². The number of morpholine rings is 1. The number of hydrogen-bond acceptors (Lipinski definition) is 4. The SMILES string of the molecule is Cc1ccc(S(=O)(=O)CC(C)N=C(N)N2CCOC(C)C2)cc1.I.